The van der Waals surface area contributed by atoms with Gasteiger partial charge in [-0.3, -0.25) is 28.9 Å². The molecule has 1 saturated heterocycles. The molecule has 1 aromatic carbocycles. The lowest BCUT2D eigenvalue weighted by molar-refractivity contribution is -0.175. The van der Waals surface area contributed by atoms with Crippen molar-refractivity contribution in [3.8, 4) is 5.75 Å². The van der Waals surface area contributed by atoms with Gasteiger partial charge in [-0.1, -0.05) is 6.42 Å². The monoisotopic (exact) mass is 548 g/mol. The number of amides is 1. The Balaban J connectivity index is 1.62. The minimum absolute atomic E-state index is 0.0295. The lowest BCUT2D eigenvalue weighted by Gasteiger charge is -2.48. The Bertz CT molecular complexity index is 1350. The molecule has 4 aliphatic rings. The first-order chi connectivity index (χ1) is 18.4. The van der Waals surface area contributed by atoms with Gasteiger partial charge in [0.15, 0.2) is 40.5 Å². The number of nitrogens with zero attached hydrogens (tertiary/aromatic N) is 1. The van der Waals surface area contributed by atoms with E-state index in [1.807, 2.05) is 4.90 Å². The van der Waals surface area contributed by atoms with Gasteiger partial charge in [0.05, 0.1) is 11.5 Å². The summed E-state index contributed by atoms with van der Waals surface area (Å²) < 4.78 is 41.7. The maximum atomic E-state index is 14.8. The SMILES string of the molecule is NC(=O)C1C(=O)C[C@@H]2C[C@@H]3Cc4c(C(F)=C(F)F)cc(CN5CCCCC5)c(O)c4C(=O)C3C(=O)[C@]2(O)C1=O. The molecule has 12 heteroatoms. The minimum atomic E-state index is -2.83. The minimum Gasteiger partial charge on any atom is -0.507 e. The lowest BCUT2D eigenvalue weighted by atomic mass is 9.53. The first-order valence-electron chi connectivity index (χ1n) is 12.9. The number of fused-ring (bicyclic) bond motifs is 3. The van der Waals surface area contributed by atoms with Crippen LogP contribution in [-0.2, 0) is 32.1 Å². The van der Waals surface area contributed by atoms with Crippen LogP contribution in [0.4, 0.5) is 13.2 Å². The average Bonchev–Trinajstić information content (AvgIpc) is 2.87. The quantitative estimate of drug-likeness (QED) is 0.482. The zero-order valence-corrected chi connectivity index (χ0v) is 20.8. The summed E-state index contributed by atoms with van der Waals surface area (Å²) in [5, 5.41) is 22.4. The number of primary amides is 1. The Morgan fingerprint density at radius 3 is 2.33 bits per heavy atom. The highest BCUT2D eigenvalue weighted by molar-refractivity contribution is 6.31. The second-order valence-electron chi connectivity index (χ2n) is 10.9. The lowest BCUT2D eigenvalue weighted by Crippen LogP contribution is -2.68. The molecule has 9 nitrogen and oxygen atoms in total. The highest BCUT2D eigenvalue weighted by Gasteiger charge is 2.66. The van der Waals surface area contributed by atoms with Crippen molar-refractivity contribution in [3.05, 3.63) is 34.4 Å². The Morgan fingerprint density at radius 1 is 1.05 bits per heavy atom. The molecule has 3 fully saturated rings. The van der Waals surface area contributed by atoms with Gasteiger partial charge in [0, 0.05) is 30.0 Å². The van der Waals surface area contributed by atoms with Gasteiger partial charge in [0.25, 0.3) is 0 Å². The number of aliphatic hydroxyl groups is 1. The number of phenolic OH excluding ortho intramolecular Hbond substituents is 1. The zero-order valence-electron chi connectivity index (χ0n) is 20.8. The molecule has 0 radical (unpaired) electrons. The van der Waals surface area contributed by atoms with Crippen LogP contribution in [0.2, 0.25) is 0 Å². The molecule has 3 aliphatic carbocycles. The molecule has 1 heterocycles. The van der Waals surface area contributed by atoms with Crippen LogP contribution in [0.5, 0.6) is 5.75 Å². The molecule has 5 rings (SSSR count). The van der Waals surface area contributed by atoms with Crippen molar-refractivity contribution in [1.82, 2.24) is 4.90 Å². The third kappa shape index (κ3) is 4.11. The van der Waals surface area contributed by atoms with Crippen LogP contribution in [0.15, 0.2) is 12.1 Å². The van der Waals surface area contributed by atoms with Gasteiger partial charge in [-0.15, -0.1) is 0 Å². The first-order valence-corrected chi connectivity index (χ1v) is 12.9. The van der Waals surface area contributed by atoms with Gasteiger partial charge in [0.1, 0.15) is 5.75 Å². The summed E-state index contributed by atoms with van der Waals surface area (Å²) in [6, 6.07) is 1.09. The van der Waals surface area contributed by atoms with Crippen molar-refractivity contribution in [1.29, 1.82) is 0 Å². The highest BCUT2D eigenvalue weighted by Crippen LogP contribution is 2.51. The number of nitrogens with two attached hydrogens (primary N) is 1. The van der Waals surface area contributed by atoms with Gasteiger partial charge in [0.2, 0.25) is 5.91 Å². The van der Waals surface area contributed by atoms with E-state index < -0.39 is 93.5 Å². The predicted octanol–water partition coefficient (Wildman–Crippen LogP) is 1.85. The topological polar surface area (TPSA) is 155 Å². The van der Waals surface area contributed by atoms with E-state index in [2.05, 4.69) is 0 Å². The fourth-order valence-corrected chi connectivity index (χ4v) is 6.87. The van der Waals surface area contributed by atoms with Crippen molar-refractivity contribution < 1.29 is 47.4 Å². The summed E-state index contributed by atoms with van der Waals surface area (Å²) in [4.78, 5) is 66.6. The number of aromatic hydroxyl groups is 1. The summed E-state index contributed by atoms with van der Waals surface area (Å²) in [5.41, 5.74) is 1.10. The molecule has 1 amide bonds. The number of likely N-dealkylation sites (tertiary alicyclic amines) is 1. The fourth-order valence-electron chi connectivity index (χ4n) is 6.87. The van der Waals surface area contributed by atoms with E-state index in [4.69, 9.17) is 5.73 Å². The normalized spacial score (nSPS) is 30.9. The smallest absolute Gasteiger partial charge is 0.306 e. The van der Waals surface area contributed by atoms with Crippen molar-refractivity contribution in [2.75, 3.05) is 13.1 Å². The van der Waals surface area contributed by atoms with Crippen molar-refractivity contribution in [2.24, 2.45) is 29.4 Å². The third-order valence-electron chi connectivity index (χ3n) is 8.73. The second kappa shape index (κ2) is 9.67. The van der Waals surface area contributed by atoms with Gasteiger partial charge >= 0.3 is 6.08 Å². The molecule has 5 atom stereocenters. The Labute approximate surface area is 220 Å². The Hall–Kier alpha value is -3.38. The predicted molar refractivity (Wildman–Crippen MR) is 128 cm³/mol. The van der Waals surface area contributed by atoms with E-state index in [-0.39, 0.29) is 30.5 Å². The van der Waals surface area contributed by atoms with Crippen LogP contribution in [0, 0.1) is 23.7 Å². The van der Waals surface area contributed by atoms with Crippen LogP contribution in [0.1, 0.15) is 59.2 Å². The molecule has 208 valence electrons. The number of rotatable bonds is 4. The molecule has 2 saturated carbocycles. The van der Waals surface area contributed by atoms with E-state index >= 15 is 0 Å². The molecule has 2 unspecified atom stereocenters. The van der Waals surface area contributed by atoms with E-state index in [0.717, 1.165) is 25.3 Å². The summed E-state index contributed by atoms with van der Waals surface area (Å²) in [6.45, 7) is 1.35. The molecule has 0 bridgehead atoms. The van der Waals surface area contributed by atoms with Crippen LogP contribution < -0.4 is 5.73 Å². The van der Waals surface area contributed by atoms with Crippen molar-refractivity contribution in [2.45, 2.75) is 50.7 Å². The third-order valence-corrected chi connectivity index (χ3v) is 8.73. The standard InChI is InChI=1S/C27H27F3N2O7/c28-20(25(29)30)15-8-12(10-32-4-2-1-3-5-32)21(34)18-14(15)7-11-6-13-9-16(33)19(26(31)38)24(37)27(13,39)23(36)17(11)22(18)35/h8,11,13,17,19,34,39H,1-7,9-10H2,(H2,31,38)/t11-,13+,17?,19?,27+/m1/s1. The van der Waals surface area contributed by atoms with E-state index in [1.54, 1.807) is 0 Å². The number of phenols is 1. The first kappa shape index (κ1) is 27.2. The molecule has 0 aromatic heterocycles. The summed E-state index contributed by atoms with van der Waals surface area (Å²) >= 11 is 0. The highest BCUT2D eigenvalue weighted by atomic mass is 19.3. The maximum Gasteiger partial charge on any atom is 0.306 e. The molecular formula is C27H27F3N2O7. The largest absolute Gasteiger partial charge is 0.507 e. The molecular weight excluding hydrogens is 521 g/mol. The number of hydrogen-bond acceptors (Lipinski definition) is 8. The molecule has 0 spiro atoms. The summed E-state index contributed by atoms with van der Waals surface area (Å²) in [7, 11) is 0. The van der Waals surface area contributed by atoms with Crippen molar-refractivity contribution in [3.63, 3.8) is 0 Å². The molecule has 39 heavy (non-hydrogen) atoms. The van der Waals surface area contributed by atoms with Gasteiger partial charge < -0.3 is 15.9 Å². The van der Waals surface area contributed by atoms with Gasteiger partial charge in [-0.05, 0) is 56.3 Å². The number of ketones is 4. The average molecular weight is 549 g/mol. The zero-order chi connectivity index (χ0) is 28.4. The van der Waals surface area contributed by atoms with Crippen LogP contribution in [0.25, 0.3) is 5.83 Å². The number of Topliss-reactive ketones (excluding diaryl/α,β-unsaturated/α-hetero) is 4. The van der Waals surface area contributed by atoms with Gasteiger partial charge in [-0.25, -0.2) is 4.39 Å². The van der Waals surface area contributed by atoms with Crippen LogP contribution in [0.3, 0.4) is 0 Å². The number of piperidine rings is 1. The molecule has 4 N–H and O–H groups in total. The molecule has 1 aromatic rings. The summed E-state index contributed by atoms with van der Waals surface area (Å²) in [6.07, 6.45) is -0.934. The number of carbonyl (C=O) groups excluding carboxylic acids is 5. The van der Waals surface area contributed by atoms with Crippen LogP contribution >= 0.6 is 0 Å². The fraction of sp³-hybridized carbons (Fsp3) is 0.519. The second-order valence-corrected chi connectivity index (χ2v) is 10.9. The number of benzene rings is 1. The maximum absolute atomic E-state index is 14.8. The van der Waals surface area contributed by atoms with Crippen LogP contribution in [-0.4, -0.2) is 62.8 Å². The number of halogens is 3. The number of hydrogen-bond donors (Lipinski definition) is 3. The number of carbonyl (C=O) groups is 5. The van der Waals surface area contributed by atoms with E-state index in [1.165, 1.54) is 0 Å². The van der Waals surface area contributed by atoms with Gasteiger partial charge in [-0.2, -0.15) is 8.78 Å². The van der Waals surface area contributed by atoms with E-state index in [0.29, 0.717) is 13.1 Å². The Kier molecular flexibility index (Phi) is 6.74. The molecule has 1 aliphatic heterocycles. The Morgan fingerprint density at radius 2 is 1.72 bits per heavy atom. The van der Waals surface area contributed by atoms with Crippen molar-refractivity contribution >= 4 is 34.9 Å². The van der Waals surface area contributed by atoms with E-state index in [9.17, 15) is 47.4 Å². The summed E-state index contributed by atoms with van der Waals surface area (Å²) in [5.74, 6) is -14.2.